The molecule has 10 nitrogen and oxygen atoms in total. The lowest BCUT2D eigenvalue weighted by Gasteiger charge is -2.13. The molecule has 160 valence electrons. The van der Waals surface area contributed by atoms with E-state index in [1.54, 1.807) is 12.3 Å². The van der Waals surface area contributed by atoms with Gasteiger partial charge in [-0.15, -0.1) is 11.3 Å². The number of hydrogen-bond acceptors (Lipinski definition) is 9. The van der Waals surface area contributed by atoms with Crippen molar-refractivity contribution in [3.05, 3.63) is 28.2 Å². The molecule has 1 amide bonds. The van der Waals surface area contributed by atoms with Crippen LogP contribution in [0.25, 0.3) is 33.1 Å². The maximum Gasteiger partial charge on any atom is 0.255 e. The molecule has 0 spiro atoms. The van der Waals surface area contributed by atoms with Gasteiger partial charge < -0.3 is 20.9 Å². The third-order valence-corrected chi connectivity index (χ3v) is 6.50. The van der Waals surface area contributed by atoms with Crippen LogP contribution in [-0.2, 0) is 6.54 Å². The zero-order valence-corrected chi connectivity index (χ0v) is 18.1. The summed E-state index contributed by atoms with van der Waals surface area (Å²) in [5.74, 6) is 0.390. The number of aromatic nitrogens is 5. The van der Waals surface area contributed by atoms with Gasteiger partial charge in [-0.25, -0.2) is 9.61 Å². The number of carbonyl (C=O) groups excluding carboxylic acids is 1. The highest BCUT2D eigenvalue weighted by molar-refractivity contribution is 7.19. The highest BCUT2D eigenvalue weighted by atomic mass is 35.5. The fraction of sp³-hybridized carbons (Fsp3) is 0.316. The van der Waals surface area contributed by atoms with Crippen LogP contribution in [-0.4, -0.2) is 49.9 Å². The number of rotatable bonds is 5. The maximum absolute atomic E-state index is 13.2. The molecular weight excluding hydrogens is 440 g/mol. The Balaban J connectivity index is 1.73. The van der Waals surface area contributed by atoms with Crippen molar-refractivity contribution in [2.75, 3.05) is 18.8 Å². The predicted octanol–water partition coefficient (Wildman–Crippen LogP) is 2.56. The Hall–Kier alpha value is -3.02. The molecule has 4 aromatic rings. The third-order valence-electron chi connectivity index (χ3n) is 5.26. The van der Waals surface area contributed by atoms with Crippen LogP contribution in [0.5, 0.6) is 0 Å². The summed E-state index contributed by atoms with van der Waals surface area (Å²) >= 11 is 7.55. The van der Waals surface area contributed by atoms with Crippen LogP contribution in [0.4, 0.5) is 5.82 Å². The number of hydrogen-bond donors (Lipinski definition) is 3. The molecule has 0 aromatic carbocycles. The lowest BCUT2D eigenvalue weighted by Crippen LogP contribution is -2.36. The fourth-order valence-corrected chi connectivity index (χ4v) is 4.85. The number of amides is 1. The Morgan fingerprint density at radius 2 is 2.29 bits per heavy atom. The summed E-state index contributed by atoms with van der Waals surface area (Å²) in [5.41, 5.74) is 8.54. The summed E-state index contributed by atoms with van der Waals surface area (Å²) in [6.07, 6.45) is 2.47. The lowest BCUT2D eigenvalue weighted by atomic mass is 10.1. The number of carbonyl (C=O) groups is 1. The van der Waals surface area contributed by atoms with E-state index in [0.717, 1.165) is 24.4 Å². The smallest absolute Gasteiger partial charge is 0.255 e. The van der Waals surface area contributed by atoms with E-state index in [1.165, 1.54) is 11.3 Å². The van der Waals surface area contributed by atoms with E-state index in [4.69, 9.17) is 26.9 Å². The van der Waals surface area contributed by atoms with E-state index < -0.39 is 0 Å². The number of nitrogens with zero attached hydrogens (tertiary/aromatic N) is 5. The first-order chi connectivity index (χ1) is 15.1. The quantitative estimate of drug-likeness (QED) is 0.415. The predicted molar refractivity (Wildman–Crippen MR) is 118 cm³/mol. The van der Waals surface area contributed by atoms with Crippen LogP contribution in [0.3, 0.4) is 0 Å². The summed E-state index contributed by atoms with van der Waals surface area (Å²) in [6.45, 7) is 4.11. The van der Waals surface area contributed by atoms with Crippen molar-refractivity contribution in [1.29, 1.82) is 0 Å². The average molecular weight is 459 g/mol. The lowest BCUT2D eigenvalue weighted by molar-refractivity contribution is 0.0941. The second kappa shape index (κ2) is 7.91. The van der Waals surface area contributed by atoms with Gasteiger partial charge in [0.2, 0.25) is 0 Å². The molecule has 1 aliphatic rings. The van der Waals surface area contributed by atoms with Gasteiger partial charge in [0.15, 0.2) is 17.3 Å². The van der Waals surface area contributed by atoms with Gasteiger partial charge in [0.1, 0.15) is 11.2 Å². The third kappa shape index (κ3) is 3.44. The molecule has 0 saturated carbocycles. The van der Waals surface area contributed by atoms with E-state index in [2.05, 4.69) is 25.9 Å². The van der Waals surface area contributed by atoms with E-state index >= 15 is 0 Å². The topological polar surface area (TPSA) is 137 Å². The van der Waals surface area contributed by atoms with Crippen LogP contribution >= 0.6 is 22.9 Å². The molecule has 5 rings (SSSR count). The summed E-state index contributed by atoms with van der Waals surface area (Å²) < 4.78 is 7.31. The normalized spacial score (nSPS) is 16.3. The van der Waals surface area contributed by atoms with Crippen molar-refractivity contribution in [1.82, 2.24) is 35.5 Å². The van der Waals surface area contributed by atoms with E-state index in [-0.39, 0.29) is 17.8 Å². The van der Waals surface area contributed by atoms with E-state index in [9.17, 15) is 4.79 Å². The number of nitrogens with two attached hydrogens (primary N) is 1. The molecule has 12 heteroatoms. The number of fused-ring (bicyclic) bond motifs is 1. The van der Waals surface area contributed by atoms with Crippen molar-refractivity contribution in [3.63, 3.8) is 0 Å². The number of imidazole rings is 1. The molecule has 5 heterocycles. The number of halogens is 1. The second-order valence-corrected chi connectivity index (χ2v) is 8.88. The summed E-state index contributed by atoms with van der Waals surface area (Å²) in [6, 6.07) is 3.77. The number of pyridine rings is 1. The monoisotopic (exact) mass is 458 g/mol. The molecule has 1 saturated heterocycles. The molecule has 1 aliphatic heterocycles. The number of anilines is 1. The van der Waals surface area contributed by atoms with Crippen molar-refractivity contribution in [3.8, 4) is 22.1 Å². The van der Waals surface area contributed by atoms with Gasteiger partial charge in [0, 0.05) is 25.3 Å². The largest absolute Gasteiger partial charge is 0.379 e. The Bertz CT molecular complexity index is 1270. The van der Waals surface area contributed by atoms with Gasteiger partial charge in [0.05, 0.1) is 20.3 Å². The highest BCUT2D eigenvalue weighted by Gasteiger charge is 2.27. The van der Waals surface area contributed by atoms with Crippen molar-refractivity contribution < 1.29 is 9.42 Å². The van der Waals surface area contributed by atoms with Gasteiger partial charge in [-0.3, -0.25) is 9.78 Å². The van der Waals surface area contributed by atoms with E-state index in [1.807, 2.05) is 17.6 Å². The van der Waals surface area contributed by atoms with E-state index in [0.29, 0.717) is 44.7 Å². The maximum atomic E-state index is 13.2. The SMILES string of the molecule is CCn1c(-c2nonc2N)nc2c(-c3ccc(Cl)s3)ncc(C(=O)NC3CCNC3)c21. The second-order valence-electron chi connectivity index (χ2n) is 7.16. The Morgan fingerprint density at radius 3 is 2.94 bits per heavy atom. The minimum Gasteiger partial charge on any atom is -0.379 e. The molecule has 0 aliphatic carbocycles. The van der Waals surface area contributed by atoms with Crippen molar-refractivity contribution >= 4 is 45.7 Å². The van der Waals surface area contributed by atoms with Crippen molar-refractivity contribution in [2.24, 2.45) is 0 Å². The van der Waals surface area contributed by atoms with Gasteiger partial charge in [-0.05, 0) is 42.3 Å². The van der Waals surface area contributed by atoms with Crippen molar-refractivity contribution in [2.45, 2.75) is 25.9 Å². The first-order valence-electron chi connectivity index (χ1n) is 9.81. The standard InChI is InChI=1S/C19H19ClN8O2S/c1-2-28-16-10(19(29)24-9-5-6-22-7-9)8-23-13(11-3-4-12(20)31-11)14(16)25-18(28)15-17(21)27-30-26-15/h3-4,8-9,22H,2,5-7H2,1H3,(H2,21,27)(H,24,29). The van der Waals surface area contributed by atoms with Crippen LogP contribution in [0.15, 0.2) is 23.0 Å². The molecule has 1 unspecified atom stereocenters. The Labute approximate surface area is 185 Å². The molecule has 4 N–H and O–H groups in total. The molecule has 0 radical (unpaired) electrons. The van der Waals surface area contributed by atoms with Gasteiger partial charge in [-0.1, -0.05) is 11.6 Å². The number of thiophene rings is 1. The highest BCUT2D eigenvalue weighted by Crippen LogP contribution is 2.37. The van der Waals surface area contributed by atoms with Crippen LogP contribution in [0.1, 0.15) is 23.7 Å². The van der Waals surface area contributed by atoms with Crippen LogP contribution in [0, 0.1) is 0 Å². The fourth-order valence-electron chi connectivity index (χ4n) is 3.81. The minimum absolute atomic E-state index is 0.0752. The van der Waals surface area contributed by atoms with Gasteiger partial charge in [0.25, 0.3) is 5.91 Å². The molecule has 31 heavy (non-hydrogen) atoms. The first-order valence-corrected chi connectivity index (χ1v) is 11.0. The summed E-state index contributed by atoms with van der Waals surface area (Å²) in [5, 5.41) is 13.9. The Morgan fingerprint density at radius 1 is 1.42 bits per heavy atom. The average Bonchev–Trinajstić information content (AvgIpc) is 3.54. The number of nitrogen functional groups attached to an aromatic ring is 1. The van der Waals surface area contributed by atoms with Gasteiger partial charge >= 0.3 is 0 Å². The molecule has 0 bridgehead atoms. The summed E-state index contributed by atoms with van der Waals surface area (Å²) in [4.78, 5) is 23.4. The van der Waals surface area contributed by atoms with Gasteiger partial charge in [-0.2, -0.15) is 0 Å². The molecular formula is C19H19ClN8O2S. The Kier molecular flexibility index (Phi) is 5.08. The zero-order chi connectivity index (χ0) is 21.5. The molecule has 1 fully saturated rings. The zero-order valence-electron chi connectivity index (χ0n) is 16.6. The number of nitrogens with one attached hydrogen (secondary N) is 2. The molecule has 4 aromatic heterocycles. The number of aryl methyl sites for hydroxylation is 1. The minimum atomic E-state index is -0.200. The summed E-state index contributed by atoms with van der Waals surface area (Å²) in [7, 11) is 0. The van der Waals surface area contributed by atoms with Crippen LogP contribution < -0.4 is 16.4 Å². The first kappa shape index (κ1) is 19.9. The molecule has 1 atom stereocenters. The van der Waals surface area contributed by atoms with Crippen LogP contribution in [0.2, 0.25) is 4.34 Å².